The molecule has 0 bridgehead atoms. The number of ether oxygens (including phenoxy) is 1. The molecule has 0 spiro atoms. The molecule has 13 heteroatoms. The lowest BCUT2D eigenvalue weighted by atomic mass is 10.2. The van der Waals surface area contributed by atoms with Gasteiger partial charge in [-0.05, 0) is 19.1 Å². The van der Waals surface area contributed by atoms with E-state index in [1.807, 2.05) is 0 Å². The molecule has 0 atom stereocenters. The number of hydrogen-bond acceptors (Lipinski definition) is 7. The fourth-order valence-corrected chi connectivity index (χ4v) is 2.82. The van der Waals surface area contributed by atoms with Gasteiger partial charge in [-0.2, -0.15) is 5.10 Å². The molecule has 3 N–H and O–H groups in total. The largest absolute Gasteiger partial charge is 0.461 e. The van der Waals surface area contributed by atoms with Crippen molar-refractivity contribution in [3.8, 4) is 0 Å². The molecule has 1 aromatic carbocycles. The van der Waals surface area contributed by atoms with Crippen LogP contribution in [0.25, 0.3) is 0 Å². The van der Waals surface area contributed by atoms with Gasteiger partial charge in [-0.3, -0.25) is 14.7 Å². The van der Waals surface area contributed by atoms with Crippen LogP contribution in [0.2, 0.25) is 5.02 Å². The van der Waals surface area contributed by atoms with Gasteiger partial charge in [-0.1, -0.05) is 11.6 Å². The third-order valence-electron chi connectivity index (χ3n) is 4.00. The number of carbonyl (C=O) groups is 3. The fourth-order valence-electron chi connectivity index (χ4n) is 2.59. The summed E-state index contributed by atoms with van der Waals surface area (Å²) in [4.78, 5) is 40.4. The highest BCUT2D eigenvalue weighted by Gasteiger charge is 2.21. The number of rotatable bonds is 7. The number of amides is 2. The lowest BCUT2D eigenvalue weighted by molar-refractivity contribution is 0.0516. The van der Waals surface area contributed by atoms with Crippen molar-refractivity contribution in [2.75, 3.05) is 11.9 Å². The van der Waals surface area contributed by atoms with Crippen molar-refractivity contribution < 1.29 is 32.3 Å². The number of nitrogens with zero attached hydrogens (tertiary/aromatic N) is 2. The summed E-state index contributed by atoms with van der Waals surface area (Å²) in [6.07, 6.45) is 0. The van der Waals surface area contributed by atoms with E-state index in [-0.39, 0.29) is 52.6 Å². The highest BCUT2D eigenvalue weighted by molar-refractivity contribution is 6.34. The van der Waals surface area contributed by atoms with Crippen LogP contribution in [0.1, 0.15) is 49.9 Å². The van der Waals surface area contributed by atoms with Crippen LogP contribution in [0.5, 0.6) is 0 Å². The minimum atomic E-state index is -1.24. The molecule has 168 valence electrons. The number of anilines is 1. The number of aromatic nitrogens is 3. The third-order valence-corrected chi connectivity index (χ3v) is 4.31. The number of H-pyrrole nitrogens is 1. The molecule has 2 amide bonds. The summed E-state index contributed by atoms with van der Waals surface area (Å²) in [6, 6.07) is 2.53. The Balaban J connectivity index is 1.65. The van der Waals surface area contributed by atoms with E-state index < -0.39 is 29.4 Å². The normalized spacial score (nSPS) is 10.7. The number of hydrogen-bond donors (Lipinski definition) is 3. The summed E-state index contributed by atoms with van der Waals surface area (Å²) in [5.41, 5.74) is -0.400. The Morgan fingerprint density at radius 1 is 1.19 bits per heavy atom. The first-order valence-electron chi connectivity index (χ1n) is 9.12. The van der Waals surface area contributed by atoms with Gasteiger partial charge in [0.2, 0.25) is 0 Å². The number of nitrogens with one attached hydrogen (secondary N) is 3. The average Bonchev–Trinajstić information content (AvgIpc) is 3.35. The van der Waals surface area contributed by atoms with Gasteiger partial charge in [0.05, 0.1) is 23.7 Å². The Morgan fingerprint density at radius 2 is 1.91 bits per heavy atom. The van der Waals surface area contributed by atoms with Gasteiger partial charge in [-0.15, -0.1) is 0 Å². The van der Waals surface area contributed by atoms with Gasteiger partial charge in [-0.25, -0.2) is 18.6 Å². The molecule has 0 saturated carbocycles. The molecular weight excluding hydrogens is 452 g/mol. The van der Waals surface area contributed by atoms with Crippen LogP contribution in [0, 0.1) is 18.6 Å². The smallest absolute Gasteiger partial charge is 0.360 e. The summed E-state index contributed by atoms with van der Waals surface area (Å²) in [7, 11) is 0. The molecular formula is C19H16ClF2N5O5. The van der Waals surface area contributed by atoms with Gasteiger partial charge in [0.1, 0.15) is 5.69 Å². The number of esters is 1. The van der Waals surface area contributed by atoms with E-state index in [0.717, 1.165) is 0 Å². The van der Waals surface area contributed by atoms with E-state index in [1.165, 1.54) is 13.0 Å². The summed E-state index contributed by atoms with van der Waals surface area (Å²) in [5, 5.41) is 10.7. The summed E-state index contributed by atoms with van der Waals surface area (Å²) in [6.45, 7) is 3.16. The first-order valence-corrected chi connectivity index (χ1v) is 9.50. The average molecular weight is 468 g/mol. The monoisotopic (exact) mass is 467 g/mol. The van der Waals surface area contributed by atoms with Gasteiger partial charge in [0, 0.05) is 13.0 Å². The number of oxazole rings is 1. The summed E-state index contributed by atoms with van der Waals surface area (Å²) >= 11 is 5.77. The Labute approximate surface area is 184 Å². The lowest BCUT2D eigenvalue weighted by Crippen LogP contribution is -2.24. The summed E-state index contributed by atoms with van der Waals surface area (Å²) < 4.78 is 36.8. The third kappa shape index (κ3) is 5.09. The van der Waals surface area contributed by atoms with Crippen molar-refractivity contribution in [1.82, 2.24) is 20.5 Å². The molecule has 3 rings (SSSR count). The second-order valence-electron chi connectivity index (χ2n) is 6.27. The molecule has 0 radical (unpaired) electrons. The fraction of sp³-hybridized carbons (Fsp3) is 0.211. The van der Waals surface area contributed by atoms with Gasteiger partial charge in [0.15, 0.2) is 34.8 Å². The van der Waals surface area contributed by atoms with Crippen molar-refractivity contribution in [2.45, 2.75) is 20.4 Å². The second-order valence-corrected chi connectivity index (χ2v) is 6.68. The molecule has 0 saturated heterocycles. The number of benzene rings is 1. The van der Waals surface area contributed by atoms with E-state index in [9.17, 15) is 23.2 Å². The van der Waals surface area contributed by atoms with Crippen LogP contribution in [-0.2, 0) is 11.3 Å². The second kappa shape index (κ2) is 9.56. The molecule has 0 aliphatic heterocycles. The molecule has 3 aromatic rings. The van der Waals surface area contributed by atoms with Gasteiger partial charge < -0.3 is 19.8 Å². The molecule has 32 heavy (non-hydrogen) atoms. The minimum Gasteiger partial charge on any atom is -0.461 e. The molecule has 2 heterocycles. The van der Waals surface area contributed by atoms with E-state index in [2.05, 4.69) is 25.8 Å². The van der Waals surface area contributed by atoms with E-state index in [4.69, 9.17) is 20.8 Å². The number of halogens is 3. The molecule has 10 nitrogen and oxygen atoms in total. The Bertz CT molecular complexity index is 1190. The maximum Gasteiger partial charge on any atom is 0.360 e. The first-order chi connectivity index (χ1) is 15.2. The first kappa shape index (κ1) is 22.9. The zero-order valence-corrected chi connectivity index (χ0v) is 17.5. The standard InChI is InChI=1S/C19H16ClF2N5O5/c1-3-31-19(30)16-14(32-8(2)24-16)7-23-18(29)13-6-15(27-26-13)25-17(28)9-4-11(21)12(22)5-10(9)20/h4-6H,3,7H2,1-2H3,(H,23,29)(H2,25,26,27,28). The van der Waals surface area contributed by atoms with Crippen LogP contribution in [0.15, 0.2) is 22.6 Å². The molecule has 2 aromatic heterocycles. The van der Waals surface area contributed by atoms with Crippen LogP contribution in [0.3, 0.4) is 0 Å². The van der Waals surface area contributed by atoms with Crippen LogP contribution < -0.4 is 10.6 Å². The maximum absolute atomic E-state index is 13.4. The van der Waals surface area contributed by atoms with Crippen LogP contribution >= 0.6 is 11.6 Å². The molecule has 0 unspecified atom stereocenters. The predicted octanol–water partition coefficient (Wildman–Crippen LogP) is 3.00. The topological polar surface area (TPSA) is 139 Å². The SMILES string of the molecule is CCOC(=O)c1nc(C)oc1CNC(=O)c1cc(NC(=O)c2cc(F)c(F)cc2Cl)n[nH]1. The van der Waals surface area contributed by atoms with E-state index in [0.29, 0.717) is 12.1 Å². The maximum atomic E-state index is 13.4. The zero-order chi connectivity index (χ0) is 23.4. The number of aromatic amines is 1. The van der Waals surface area contributed by atoms with Crippen molar-refractivity contribution in [2.24, 2.45) is 0 Å². The Hall–Kier alpha value is -3.80. The van der Waals surface area contributed by atoms with Gasteiger partial charge >= 0.3 is 5.97 Å². The molecule has 0 fully saturated rings. The highest BCUT2D eigenvalue weighted by Crippen LogP contribution is 2.21. The highest BCUT2D eigenvalue weighted by atomic mass is 35.5. The van der Waals surface area contributed by atoms with Crippen molar-refractivity contribution in [3.05, 3.63) is 63.5 Å². The molecule has 0 aliphatic rings. The number of carbonyl (C=O) groups excluding carboxylic acids is 3. The number of aryl methyl sites for hydroxylation is 1. The molecule has 0 aliphatic carbocycles. The van der Waals surface area contributed by atoms with Gasteiger partial charge in [0.25, 0.3) is 11.8 Å². The lowest BCUT2D eigenvalue weighted by Gasteiger charge is -2.05. The van der Waals surface area contributed by atoms with Crippen LogP contribution in [0.4, 0.5) is 14.6 Å². The van der Waals surface area contributed by atoms with Crippen molar-refractivity contribution in [3.63, 3.8) is 0 Å². The quantitative estimate of drug-likeness (QED) is 0.358. The van der Waals surface area contributed by atoms with Crippen molar-refractivity contribution in [1.29, 1.82) is 0 Å². The van der Waals surface area contributed by atoms with E-state index >= 15 is 0 Å². The van der Waals surface area contributed by atoms with Crippen molar-refractivity contribution >= 4 is 35.2 Å². The van der Waals surface area contributed by atoms with E-state index in [1.54, 1.807) is 6.92 Å². The predicted molar refractivity (Wildman–Crippen MR) is 106 cm³/mol. The summed E-state index contributed by atoms with van der Waals surface area (Å²) in [5.74, 6) is -4.35. The Kier molecular flexibility index (Phi) is 6.83. The Morgan fingerprint density at radius 3 is 2.62 bits per heavy atom. The van der Waals surface area contributed by atoms with Crippen LogP contribution in [-0.4, -0.2) is 39.6 Å². The zero-order valence-electron chi connectivity index (χ0n) is 16.7. The minimum absolute atomic E-state index is 0.0365.